The molecule has 0 bridgehead atoms. The fourth-order valence-electron chi connectivity index (χ4n) is 3.10. The quantitative estimate of drug-likeness (QED) is 0.256. The van der Waals surface area contributed by atoms with Crippen molar-refractivity contribution in [2.45, 2.75) is 39.3 Å². The van der Waals surface area contributed by atoms with Crippen LogP contribution in [0.15, 0.2) is 28.7 Å². The van der Waals surface area contributed by atoms with E-state index in [4.69, 9.17) is 9.47 Å². The zero-order chi connectivity index (χ0) is 23.3. The van der Waals surface area contributed by atoms with Crippen LogP contribution < -0.4 is 15.5 Å². The van der Waals surface area contributed by atoms with E-state index in [0.29, 0.717) is 28.7 Å². The summed E-state index contributed by atoms with van der Waals surface area (Å²) in [5.74, 6) is -0.0659. The molecule has 2 heterocycles. The number of nitrogens with one attached hydrogen (secondary N) is 2. The van der Waals surface area contributed by atoms with Gasteiger partial charge in [0.15, 0.2) is 0 Å². The molecule has 10 nitrogen and oxygen atoms in total. The minimum absolute atomic E-state index is 0.0794. The van der Waals surface area contributed by atoms with E-state index in [0.717, 1.165) is 10.5 Å². The van der Waals surface area contributed by atoms with E-state index >= 15 is 0 Å². The van der Waals surface area contributed by atoms with Gasteiger partial charge in [-0.05, 0) is 44.5 Å². The van der Waals surface area contributed by atoms with Crippen molar-refractivity contribution in [2.24, 2.45) is 5.10 Å². The van der Waals surface area contributed by atoms with Crippen LogP contribution in [0.1, 0.15) is 37.6 Å². The van der Waals surface area contributed by atoms with Gasteiger partial charge in [0.1, 0.15) is 11.3 Å². The molecule has 2 N–H and O–H groups in total. The third-order valence-electron chi connectivity index (χ3n) is 4.63. The summed E-state index contributed by atoms with van der Waals surface area (Å²) in [4.78, 5) is 41.7. The molecule has 11 heteroatoms. The largest absolute Gasteiger partial charge is 0.496 e. The zero-order valence-electron chi connectivity index (χ0n) is 18.3. The molecular weight excluding hydrogens is 434 g/mol. The number of hydrogen-bond acceptors (Lipinski definition) is 9. The number of aromatic nitrogens is 1. The first kappa shape index (κ1) is 23.2. The first-order chi connectivity index (χ1) is 15.2. The number of hydrazone groups is 1. The highest BCUT2D eigenvalue weighted by molar-refractivity contribution is 7.13. The Kier molecular flexibility index (Phi) is 7.08. The van der Waals surface area contributed by atoms with Gasteiger partial charge in [-0.1, -0.05) is 0 Å². The van der Waals surface area contributed by atoms with E-state index in [1.165, 1.54) is 18.4 Å². The number of benzene rings is 1. The highest BCUT2D eigenvalue weighted by atomic mass is 32.1. The van der Waals surface area contributed by atoms with Gasteiger partial charge in [-0.3, -0.25) is 19.9 Å². The van der Waals surface area contributed by atoms with Crippen LogP contribution in [0, 0.1) is 0 Å². The van der Waals surface area contributed by atoms with Gasteiger partial charge in [0.25, 0.3) is 5.91 Å². The van der Waals surface area contributed by atoms with E-state index in [1.807, 2.05) is 0 Å². The van der Waals surface area contributed by atoms with Crippen LogP contribution in [-0.4, -0.2) is 53.3 Å². The maximum absolute atomic E-state index is 12.5. The van der Waals surface area contributed by atoms with Crippen molar-refractivity contribution in [3.05, 3.63) is 40.4 Å². The number of carbonyl (C=O) groups excluding carboxylic acids is 3. The van der Waals surface area contributed by atoms with Gasteiger partial charge < -0.3 is 14.8 Å². The van der Waals surface area contributed by atoms with Gasteiger partial charge in [-0.15, -0.1) is 11.3 Å². The number of urea groups is 1. The lowest BCUT2D eigenvalue weighted by atomic mass is 10.1. The number of carbonyl (C=O) groups is 3. The van der Waals surface area contributed by atoms with E-state index < -0.39 is 11.6 Å². The molecule has 0 atom stereocenters. The van der Waals surface area contributed by atoms with E-state index in [2.05, 4.69) is 20.8 Å². The molecule has 2 aromatic rings. The summed E-state index contributed by atoms with van der Waals surface area (Å²) in [5, 5.41) is 9.14. The average molecular weight is 460 g/mol. The minimum atomic E-state index is -0.937. The third-order valence-corrected chi connectivity index (χ3v) is 5.43. The van der Waals surface area contributed by atoms with E-state index in [-0.39, 0.29) is 24.8 Å². The van der Waals surface area contributed by atoms with Crippen LogP contribution in [-0.2, 0) is 27.3 Å². The SMILES string of the molecule is CCOC(=O)Cc1csc(NN=Cc2ccc(OC)c(CN3C(=O)NC(C)(C)C3=O)c2)n1. The van der Waals surface area contributed by atoms with Gasteiger partial charge >= 0.3 is 12.0 Å². The molecule has 1 aromatic heterocycles. The highest BCUT2D eigenvalue weighted by Gasteiger charge is 2.44. The summed E-state index contributed by atoms with van der Waals surface area (Å²) in [5.41, 5.74) is 3.91. The molecule has 0 radical (unpaired) electrons. The van der Waals surface area contributed by atoms with Crippen molar-refractivity contribution in [1.29, 1.82) is 0 Å². The monoisotopic (exact) mass is 459 g/mol. The Balaban J connectivity index is 1.67. The molecule has 3 rings (SSSR count). The minimum Gasteiger partial charge on any atom is -0.496 e. The summed E-state index contributed by atoms with van der Waals surface area (Å²) >= 11 is 1.32. The van der Waals surface area contributed by atoms with Crippen LogP contribution in [0.3, 0.4) is 0 Å². The summed E-state index contributed by atoms with van der Waals surface area (Å²) in [7, 11) is 1.53. The molecule has 1 aliphatic heterocycles. The number of thiazole rings is 1. The number of nitrogens with zero attached hydrogens (tertiary/aromatic N) is 3. The number of esters is 1. The van der Waals surface area contributed by atoms with E-state index in [1.54, 1.807) is 50.6 Å². The van der Waals surface area contributed by atoms with Crippen LogP contribution in [0.5, 0.6) is 5.75 Å². The smallest absolute Gasteiger partial charge is 0.325 e. The topological polar surface area (TPSA) is 122 Å². The number of methoxy groups -OCH3 is 1. The second kappa shape index (κ2) is 9.77. The predicted octanol–water partition coefficient (Wildman–Crippen LogP) is 2.53. The van der Waals surface area contributed by atoms with Crippen molar-refractivity contribution >= 4 is 40.6 Å². The Morgan fingerprint density at radius 3 is 2.81 bits per heavy atom. The number of ether oxygens (including phenoxy) is 2. The van der Waals surface area contributed by atoms with Crippen LogP contribution in [0.2, 0.25) is 0 Å². The van der Waals surface area contributed by atoms with Crippen LogP contribution in [0.4, 0.5) is 9.93 Å². The Bertz CT molecular complexity index is 1050. The molecular formula is C21H25N5O5S. The summed E-state index contributed by atoms with van der Waals surface area (Å²) in [6.45, 7) is 5.49. The fraction of sp³-hybridized carbons (Fsp3) is 0.381. The molecule has 170 valence electrons. The number of rotatable bonds is 9. The molecule has 0 spiro atoms. The van der Waals surface area contributed by atoms with Crippen molar-refractivity contribution < 1.29 is 23.9 Å². The van der Waals surface area contributed by atoms with Crippen molar-refractivity contribution in [3.63, 3.8) is 0 Å². The molecule has 3 amide bonds. The molecule has 1 saturated heterocycles. The first-order valence-electron chi connectivity index (χ1n) is 9.93. The van der Waals surface area contributed by atoms with Gasteiger partial charge in [0, 0.05) is 10.9 Å². The Morgan fingerprint density at radius 2 is 2.16 bits per heavy atom. The van der Waals surface area contributed by atoms with Gasteiger partial charge in [0.2, 0.25) is 5.13 Å². The molecule has 0 saturated carbocycles. The van der Waals surface area contributed by atoms with Crippen LogP contribution >= 0.6 is 11.3 Å². The van der Waals surface area contributed by atoms with E-state index in [9.17, 15) is 14.4 Å². The fourth-order valence-corrected chi connectivity index (χ4v) is 3.75. The lowest BCUT2D eigenvalue weighted by molar-refractivity contribution is -0.142. The number of hydrogen-bond donors (Lipinski definition) is 2. The molecule has 0 unspecified atom stereocenters. The molecule has 1 aromatic carbocycles. The van der Waals surface area contributed by atoms with Crippen molar-refractivity contribution in [1.82, 2.24) is 15.2 Å². The number of amides is 3. The van der Waals surface area contributed by atoms with Crippen molar-refractivity contribution in [2.75, 3.05) is 19.1 Å². The second-order valence-electron chi connectivity index (χ2n) is 7.51. The standard InChI is InChI=1S/C21H25N5O5S/c1-5-31-17(27)9-15-12-32-19(23-15)25-22-10-13-6-7-16(30-4)14(8-13)11-26-18(28)21(2,3)24-20(26)29/h6-8,10,12H,5,9,11H2,1-4H3,(H,23,25)(H,24,29). The molecule has 32 heavy (non-hydrogen) atoms. The molecule has 1 fully saturated rings. The van der Waals surface area contributed by atoms with Crippen LogP contribution in [0.25, 0.3) is 0 Å². The third kappa shape index (κ3) is 5.41. The summed E-state index contributed by atoms with van der Waals surface area (Å²) < 4.78 is 10.3. The Hall–Kier alpha value is -3.47. The lowest BCUT2D eigenvalue weighted by Gasteiger charge is -2.17. The number of imide groups is 1. The van der Waals surface area contributed by atoms with Gasteiger partial charge in [-0.25, -0.2) is 9.78 Å². The predicted molar refractivity (Wildman–Crippen MR) is 120 cm³/mol. The zero-order valence-corrected chi connectivity index (χ0v) is 19.1. The second-order valence-corrected chi connectivity index (χ2v) is 8.37. The first-order valence-corrected chi connectivity index (χ1v) is 10.8. The van der Waals surface area contributed by atoms with Crippen molar-refractivity contribution in [3.8, 4) is 5.75 Å². The maximum atomic E-state index is 12.5. The Labute approximate surface area is 189 Å². The Morgan fingerprint density at radius 1 is 1.38 bits per heavy atom. The highest BCUT2D eigenvalue weighted by Crippen LogP contribution is 2.25. The van der Waals surface area contributed by atoms with Gasteiger partial charge in [-0.2, -0.15) is 5.10 Å². The number of anilines is 1. The summed E-state index contributed by atoms with van der Waals surface area (Å²) in [6, 6.07) is 4.91. The molecule has 0 aliphatic carbocycles. The maximum Gasteiger partial charge on any atom is 0.325 e. The normalized spacial score (nSPS) is 15.2. The molecule has 1 aliphatic rings. The summed E-state index contributed by atoms with van der Waals surface area (Å²) in [6.07, 6.45) is 1.70. The van der Waals surface area contributed by atoms with Gasteiger partial charge in [0.05, 0.1) is 38.6 Å². The average Bonchev–Trinajstić information content (AvgIpc) is 3.25. The lowest BCUT2D eigenvalue weighted by Crippen LogP contribution is -2.40.